The Hall–Kier alpha value is -3.77. The second kappa shape index (κ2) is 12.7. The molecule has 0 bridgehead atoms. The molecule has 1 aliphatic rings. The van der Waals surface area contributed by atoms with Gasteiger partial charge in [0.1, 0.15) is 35.0 Å². The van der Waals surface area contributed by atoms with Crippen molar-refractivity contribution in [2.75, 3.05) is 40.0 Å². The Morgan fingerprint density at radius 3 is 2.82 bits per heavy atom. The number of ether oxygens (including phenoxy) is 2. The van der Waals surface area contributed by atoms with Crippen molar-refractivity contribution in [3.63, 3.8) is 0 Å². The van der Waals surface area contributed by atoms with Crippen LogP contribution in [-0.4, -0.2) is 61.1 Å². The molecule has 38 heavy (non-hydrogen) atoms. The normalized spacial score (nSPS) is 15.2. The zero-order valence-corrected chi connectivity index (χ0v) is 21.7. The summed E-state index contributed by atoms with van der Waals surface area (Å²) in [6, 6.07) is 11.1. The molecule has 1 saturated heterocycles. The Morgan fingerprint density at radius 1 is 1.32 bits per heavy atom. The maximum Gasteiger partial charge on any atom is 0.161 e. The van der Waals surface area contributed by atoms with Gasteiger partial charge in [-0.05, 0) is 49.4 Å². The number of allylic oxidation sites excluding steroid dienone is 3. The molecule has 0 radical (unpaired) electrons. The monoisotopic (exact) mass is 517 g/mol. The Morgan fingerprint density at radius 2 is 2.11 bits per heavy atom. The van der Waals surface area contributed by atoms with Crippen molar-refractivity contribution in [1.82, 2.24) is 9.88 Å². The highest BCUT2D eigenvalue weighted by Crippen LogP contribution is 2.36. The second-order valence-electron chi connectivity index (χ2n) is 9.23. The van der Waals surface area contributed by atoms with Gasteiger partial charge in [0.05, 0.1) is 25.4 Å². The summed E-state index contributed by atoms with van der Waals surface area (Å²) in [7, 11) is 1.86. The first-order valence-corrected chi connectivity index (χ1v) is 12.6. The lowest BCUT2D eigenvalue weighted by Gasteiger charge is -2.23. The molecule has 0 spiro atoms. The quantitative estimate of drug-likeness (QED) is 0.347. The zero-order chi connectivity index (χ0) is 27.1. The minimum absolute atomic E-state index is 0.0223. The van der Waals surface area contributed by atoms with E-state index in [0.29, 0.717) is 48.7 Å². The fourth-order valence-electron chi connectivity index (χ4n) is 4.32. The van der Waals surface area contributed by atoms with Crippen molar-refractivity contribution >= 4 is 16.7 Å². The van der Waals surface area contributed by atoms with Crippen LogP contribution in [0.15, 0.2) is 71.1 Å². The van der Waals surface area contributed by atoms with E-state index in [9.17, 15) is 5.26 Å². The van der Waals surface area contributed by atoms with Crippen LogP contribution in [0, 0.1) is 11.3 Å². The van der Waals surface area contributed by atoms with Crippen LogP contribution in [0.3, 0.4) is 0 Å². The number of benzene rings is 1. The summed E-state index contributed by atoms with van der Waals surface area (Å²) >= 11 is 0. The van der Waals surface area contributed by atoms with Crippen LogP contribution in [-0.2, 0) is 4.74 Å². The number of rotatable bonds is 10. The van der Waals surface area contributed by atoms with Crippen molar-refractivity contribution < 1.29 is 23.4 Å². The van der Waals surface area contributed by atoms with Gasteiger partial charge in [-0.1, -0.05) is 18.7 Å². The Balaban J connectivity index is 1.60. The number of fused-ring (bicyclic) bond motifs is 1. The molecule has 3 heterocycles. The summed E-state index contributed by atoms with van der Waals surface area (Å²) in [6.07, 6.45) is 6.50. The summed E-state index contributed by atoms with van der Waals surface area (Å²) in [6.45, 7) is 8.05. The lowest BCUT2D eigenvalue weighted by Crippen LogP contribution is -2.26. The van der Waals surface area contributed by atoms with Gasteiger partial charge in [-0.3, -0.25) is 9.88 Å². The maximum atomic E-state index is 15.2. The highest BCUT2D eigenvalue weighted by Gasteiger charge is 2.19. The number of aromatic nitrogens is 1. The predicted molar refractivity (Wildman–Crippen MR) is 145 cm³/mol. The largest absolute Gasteiger partial charge is 0.489 e. The van der Waals surface area contributed by atoms with Gasteiger partial charge in [0, 0.05) is 49.3 Å². The van der Waals surface area contributed by atoms with E-state index >= 15 is 4.39 Å². The first-order chi connectivity index (χ1) is 18.4. The van der Waals surface area contributed by atoms with E-state index in [1.165, 1.54) is 6.08 Å². The second-order valence-corrected chi connectivity index (χ2v) is 9.23. The number of halogens is 1. The average molecular weight is 518 g/mol. The molecule has 0 unspecified atom stereocenters. The van der Waals surface area contributed by atoms with E-state index in [4.69, 9.17) is 19.0 Å². The topological polar surface area (TPSA) is 91.8 Å². The van der Waals surface area contributed by atoms with Crippen molar-refractivity contribution in [3.05, 3.63) is 78.0 Å². The third-order valence-corrected chi connectivity index (χ3v) is 6.49. The van der Waals surface area contributed by atoms with Gasteiger partial charge in [0.2, 0.25) is 0 Å². The summed E-state index contributed by atoms with van der Waals surface area (Å²) in [5.41, 5.74) is 3.81. The number of nitrogens with zero attached hydrogens (tertiary/aromatic N) is 3. The first kappa shape index (κ1) is 27.3. The van der Waals surface area contributed by atoms with Gasteiger partial charge in [-0.15, -0.1) is 0 Å². The van der Waals surface area contributed by atoms with Crippen molar-refractivity contribution in [1.29, 1.82) is 5.26 Å². The maximum absolute atomic E-state index is 15.2. The Kier molecular flexibility index (Phi) is 9.08. The zero-order valence-electron chi connectivity index (χ0n) is 21.7. The molecule has 1 aromatic carbocycles. The third kappa shape index (κ3) is 6.37. The molecule has 1 aliphatic heterocycles. The standard InChI is InChI=1S/C30H32FN3O4/c1-4-21(19-34(3)11-12-35)15-26(31)20(2)29-17-27-30(38-29)25(7-10-33-27)22-5-6-28(23(16-22)18-32)37-24-8-13-36-14-9-24/h4-7,10,15-17,24,35H,2,8-9,11-14,19H2,1,3H3. The Labute approximate surface area is 222 Å². The van der Waals surface area contributed by atoms with E-state index in [1.807, 2.05) is 31.0 Å². The minimum Gasteiger partial charge on any atom is -0.489 e. The smallest absolute Gasteiger partial charge is 0.161 e. The van der Waals surface area contributed by atoms with E-state index in [1.54, 1.807) is 30.5 Å². The summed E-state index contributed by atoms with van der Waals surface area (Å²) in [5, 5.41) is 18.9. The van der Waals surface area contributed by atoms with E-state index in [0.717, 1.165) is 29.5 Å². The van der Waals surface area contributed by atoms with Crippen molar-refractivity contribution in [2.45, 2.75) is 25.9 Å². The van der Waals surface area contributed by atoms with Gasteiger partial charge in [0.25, 0.3) is 0 Å². The van der Waals surface area contributed by atoms with Gasteiger partial charge in [-0.2, -0.15) is 5.26 Å². The minimum atomic E-state index is -0.516. The number of furan rings is 1. The fourth-order valence-corrected chi connectivity index (χ4v) is 4.32. The van der Waals surface area contributed by atoms with Crippen LogP contribution in [0.25, 0.3) is 27.8 Å². The van der Waals surface area contributed by atoms with Crippen LogP contribution in [0.5, 0.6) is 5.75 Å². The SMILES string of the molecule is C=C(C(F)=CC(=CC)CN(C)CCO)c1cc2nccc(-c3ccc(OC4CCOCC4)c(C#N)c3)c2o1. The van der Waals surface area contributed by atoms with Crippen LogP contribution >= 0.6 is 0 Å². The molecule has 0 saturated carbocycles. The number of aliphatic hydroxyl groups excluding tert-OH is 1. The van der Waals surface area contributed by atoms with E-state index in [2.05, 4.69) is 17.6 Å². The lowest BCUT2D eigenvalue weighted by atomic mass is 10.0. The van der Waals surface area contributed by atoms with Crippen molar-refractivity contribution in [2.24, 2.45) is 0 Å². The molecule has 8 heteroatoms. The highest BCUT2D eigenvalue weighted by atomic mass is 19.1. The van der Waals surface area contributed by atoms with Gasteiger partial charge in [0.15, 0.2) is 5.58 Å². The van der Waals surface area contributed by atoms with Gasteiger partial charge in [-0.25, -0.2) is 4.39 Å². The van der Waals surface area contributed by atoms with E-state index in [-0.39, 0.29) is 24.0 Å². The molecule has 4 rings (SSSR count). The summed E-state index contributed by atoms with van der Waals surface area (Å²) in [4.78, 5) is 6.28. The molecule has 0 aliphatic carbocycles. The fraction of sp³-hybridized carbons (Fsp3) is 0.333. The number of hydrogen-bond acceptors (Lipinski definition) is 7. The van der Waals surface area contributed by atoms with Crippen LogP contribution in [0.1, 0.15) is 31.1 Å². The van der Waals surface area contributed by atoms with Crippen LogP contribution in [0.2, 0.25) is 0 Å². The van der Waals surface area contributed by atoms with Crippen LogP contribution in [0.4, 0.5) is 4.39 Å². The molecule has 7 nitrogen and oxygen atoms in total. The van der Waals surface area contributed by atoms with Crippen LogP contribution < -0.4 is 4.74 Å². The molecule has 0 atom stereocenters. The number of aliphatic hydroxyl groups is 1. The predicted octanol–water partition coefficient (Wildman–Crippen LogP) is 5.66. The lowest BCUT2D eigenvalue weighted by molar-refractivity contribution is 0.0254. The van der Waals surface area contributed by atoms with Gasteiger partial charge >= 0.3 is 0 Å². The third-order valence-electron chi connectivity index (χ3n) is 6.49. The average Bonchev–Trinajstić information content (AvgIpc) is 3.37. The van der Waals surface area contributed by atoms with Crippen molar-refractivity contribution in [3.8, 4) is 22.9 Å². The number of nitriles is 1. The number of hydrogen-bond donors (Lipinski definition) is 1. The molecule has 2 aromatic heterocycles. The molecule has 1 fully saturated rings. The molecular formula is C30H32FN3O4. The molecule has 3 aromatic rings. The highest BCUT2D eigenvalue weighted by molar-refractivity contribution is 5.93. The molecule has 198 valence electrons. The van der Waals surface area contributed by atoms with Gasteiger partial charge < -0.3 is 19.0 Å². The first-order valence-electron chi connectivity index (χ1n) is 12.6. The summed E-state index contributed by atoms with van der Waals surface area (Å²) < 4.78 is 32.7. The molecular weight excluding hydrogens is 485 g/mol. The Bertz CT molecular complexity index is 1400. The number of likely N-dealkylation sites (N-methyl/N-ethyl adjacent to an activating group) is 1. The van der Waals surface area contributed by atoms with E-state index < -0.39 is 5.83 Å². The number of pyridine rings is 1. The molecule has 0 amide bonds. The summed E-state index contributed by atoms with van der Waals surface area (Å²) in [5.74, 6) is 0.295. The molecule has 1 N–H and O–H groups in total.